The number of carbonyl (C=O) groups excluding carboxylic acids is 3. The van der Waals surface area contributed by atoms with Crippen LogP contribution in [0.25, 0.3) is 77.5 Å². The lowest BCUT2D eigenvalue weighted by molar-refractivity contribution is 0.0924. The SMILES string of the molecule is Cc1nc2cccnn2c1C(=O)NC(C)c1nc2cccc(C#Cc3cnn(C)c3)c2cc1-c1ccccc1.Cc1nccnc1C(=O)NC(C)c1cc2cccc(C#Cc3cnn(C)c3)c2nc1-c1ccccc1.Cc1ncn2ccnc2c1C(=O)NC(C)c1nc2cccc(C#Cc3cnn(C)c3)c2cc1-c1ccccc1. The van der Waals surface area contributed by atoms with E-state index in [9.17, 15) is 14.4 Å². The summed E-state index contributed by atoms with van der Waals surface area (Å²) in [5.41, 5.74) is 19.7. The molecule has 17 aromatic rings. The zero-order valence-electron chi connectivity index (χ0n) is 63.7. The van der Waals surface area contributed by atoms with E-state index in [-0.39, 0.29) is 23.8 Å². The highest BCUT2D eigenvalue weighted by atomic mass is 16.2. The Morgan fingerprint density at radius 1 is 0.430 bits per heavy atom. The molecule has 0 aliphatic heterocycles. The quantitative estimate of drug-likeness (QED) is 0.0960. The first kappa shape index (κ1) is 74.1. The average molecular weight is 1500 g/mol. The van der Waals surface area contributed by atoms with Gasteiger partial charge in [0.2, 0.25) is 0 Å². The van der Waals surface area contributed by atoms with Crippen molar-refractivity contribution in [2.75, 3.05) is 0 Å². The van der Waals surface area contributed by atoms with Crippen LogP contribution >= 0.6 is 0 Å². The summed E-state index contributed by atoms with van der Waals surface area (Å²) in [5.74, 6) is 18.6. The number of amides is 3. The number of benzene rings is 6. The number of hydrogen-bond acceptors (Lipinski definition) is 15. The molecule has 23 heteroatoms. The number of fused-ring (bicyclic) bond motifs is 5. The van der Waals surface area contributed by atoms with Gasteiger partial charge in [0.05, 0.1) is 110 Å². The van der Waals surface area contributed by atoms with Gasteiger partial charge in [-0.05, 0) is 113 Å². The Labute approximate surface area is 656 Å². The van der Waals surface area contributed by atoms with Gasteiger partial charge in [-0.3, -0.25) is 37.8 Å². The second kappa shape index (κ2) is 32.8. The topological polar surface area (TPSA) is 266 Å². The predicted molar refractivity (Wildman–Crippen MR) is 439 cm³/mol. The highest BCUT2D eigenvalue weighted by Gasteiger charge is 2.26. The van der Waals surface area contributed by atoms with E-state index in [1.165, 1.54) is 6.20 Å². The molecule has 6 aromatic carbocycles. The van der Waals surface area contributed by atoms with Gasteiger partial charge in [0.25, 0.3) is 17.7 Å². The van der Waals surface area contributed by atoms with Crippen LogP contribution in [0.3, 0.4) is 0 Å². The number of aryl methyl sites for hydroxylation is 6. The van der Waals surface area contributed by atoms with Crippen molar-refractivity contribution in [2.24, 2.45) is 21.1 Å². The number of imidazole rings is 2. The zero-order chi connectivity index (χ0) is 78.9. The molecule has 3 unspecified atom stereocenters. The highest BCUT2D eigenvalue weighted by molar-refractivity contribution is 6.01. The number of carbonyl (C=O) groups is 3. The summed E-state index contributed by atoms with van der Waals surface area (Å²) >= 11 is 0. The van der Waals surface area contributed by atoms with E-state index in [0.29, 0.717) is 45.3 Å². The van der Waals surface area contributed by atoms with Crippen LogP contribution in [0, 0.1) is 56.3 Å². The summed E-state index contributed by atoms with van der Waals surface area (Å²) in [6.07, 6.45) is 20.7. The molecule has 11 aromatic heterocycles. The van der Waals surface area contributed by atoms with Crippen LogP contribution in [0.4, 0.5) is 0 Å². The second-order valence-corrected chi connectivity index (χ2v) is 27.2. The number of aromatic nitrogens is 17. The van der Waals surface area contributed by atoms with Gasteiger partial charge < -0.3 is 16.0 Å². The number of para-hydroxylation sites is 1. The van der Waals surface area contributed by atoms with Gasteiger partial charge >= 0.3 is 0 Å². The van der Waals surface area contributed by atoms with E-state index in [0.717, 1.165) is 117 Å². The third-order valence-corrected chi connectivity index (χ3v) is 19.1. The van der Waals surface area contributed by atoms with Crippen molar-refractivity contribution in [1.82, 2.24) is 99.2 Å². The van der Waals surface area contributed by atoms with E-state index in [1.807, 2.05) is 226 Å². The van der Waals surface area contributed by atoms with E-state index >= 15 is 0 Å². The number of rotatable bonds is 12. The normalized spacial score (nSPS) is 11.7. The molecule has 0 fully saturated rings. The minimum absolute atomic E-state index is 0.249. The van der Waals surface area contributed by atoms with Crippen LogP contribution < -0.4 is 16.0 Å². The van der Waals surface area contributed by atoms with Gasteiger partial charge in [-0.25, -0.2) is 39.4 Å². The Morgan fingerprint density at radius 2 is 0.947 bits per heavy atom. The maximum Gasteiger partial charge on any atom is 0.272 e. The zero-order valence-corrected chi connectivity index (χ0v) is 63.7. The number of nitrogens with zero attached hydrogens (tertiary/aromatic N) is 17. The lowest BCUT2D eigenvalue weighted by Gasteiger charge is -2.19. The van der Waals surface area contributed by atoms with Crippen molar-refractivity contribution in [2.45, 2.75) is 59.7 Å². The summed E-state index contributed by atoms with van der Waals surface area (Å²) in [6, 6.07) is 56.7. The Morgan fingerprint density at radius 3 is 1.50 bits per heavy atom. The lowest BCUT2D eigenvalue weighted by Crippen LogP contribution is -2.29. The number of pyridine rings is 3. The fourth-order valence-corrected chi connectivity index (χ4v) is 13.5. The molecule has 3 amide bonds. The van der Waals surface area contributed by atoms with Crippen LogP contribution in [0.2, 0.25) is 0 Å². The minimum Gasteiger partial charge on any atom is -0.344 e. The van der Waals surface area contributed by atoms with Gasteiger partial charge in [-0.15, -0.1) is 0 Å². The van der Waals surface area contributed by atoms with Crippen molar-refractivity contribution in [1.29, 1.82) is 0 Å². The van der Waals surface area contributed by atoms with Gasteiger partial charge in [-0.1, -0.05) is 151 Å². The molecule has 3 atom stereocenters. The van der Waals surface area contributed by atoms with Gasteiger partial charge in [0.1, 0.15) is 17.6 Å². The second-order valence-electron chi connectivity index (χ2n) is 27.2. The van der Waals surface area contributed by atoms with Crippen LogP contribution in [-0.2, 0) is 21.1 Å². The molecule has 0 radical (unpaired) electrons. The Kier molecular flexibility index (Phi) is 21.3. The van der Waals surface area contributed by atoms with Crippen molar-refractivity contribution in [3.63, 3.8) is 0 Å². The lowest BCUT2D eigenvalue weighted by atomic mass is 9.96. The first-order valence-electron chi connectivity index (χ1n) is 36.7. The van der Waals surface area contributed by atoms with Crippen LogP contribution in [0.1, 0.15) is 138 Å². The molecule has 556 valence electrons. The molecule has 0 saturated carbocycles. The Balaban J connectivity index is 0.000000135. The van der Waals surface area contributed by atoms with Crippen molar-refractivity contribution in [3.05, 3.63) is 335 Å². The fourth-order valence-electron chi connectivity index (χ4n) is 13.5. The molecule has 3 N–H and O–H groups in total. The Hall–Kier alpha value is -15.4. The first-order chi connectivity index (χ1) is 55.4. The minimum atomic E-state index is -0.393. The third kappa shape index (κ3) is 16.2. The molecule has 0 spiro atoms. The molecule has 11 heterocycles. The van der Waals surface area contributed by atoms with Crippen LogP contribution in [0.15, 0.2) is 250 Å². The maximum absolute atomic E-state index is 13.5. The molecule has 0 aliphatic rings. The molecule has 0 bridgehead atoms. The molecule has 17 rings (SSSR count). The standard InChI is InChI=1S/2C31H25N7O.C29H24N6O/c1-20(35-31(39)30-21(2)34-28-13-8-16-32-38(28)30)29-26(23-9-5-4-6-10-23)17-25-24(11-7-12-27(25)36-29)15-14-22-18-33-37(3)19-22;1-20-28(30-32-14-15-38(30)19-33-20)31(39)35-21(2)29-26(23-8-5-4-6-9-23)16-25-24(10-7-11-27(25)36-29)13-12-22-17-34-37(3)18-22;1-19(33-29(36)26-20(2)30-14-15-31-26)25-16-24-11-7-10-23(13-12-21-17-32-35(3)18-21)27(24)34-28(25)22-8-5-4-6-9-22/h4-13,16-20H,1-3H3,(H,35,39);4-11,14-19,21H,1-3H3,(H,35,39);4-11,14-19H,1-3H3,(H,33,36). The molecule has 0 saturated heterocycles. The smallest absolute Gasteiger partial charge is 0.272 e. The third-order valence-electron chi connectivity index (χ3n) is 19.1. The van der Waals surface area contributed by atoms with Gasteiger partial charge in [0.15, 0.2) is 17.0 Å². The molecular formula is C91H74N20O3. The average Bonchev–Trinajstić information content (AvgIpc) is 1.12. The summed E-state index contributed by atoms with van der Waals surface area (Å²) < 4.78 is 8.49. The van der Waals surface area contributed by atoms with Crippen molar-refractivity contribution in [3.8, 4) is 69.0 Å². The summed E-state index contributed by atoms with van der Waals surface area (Å²) in [7, 11) is 5.60. The monoisotopic (exact) mass is 1490 g/mol. The first-order valence-corrected chi connectivity index (χ1v) is 36.7. The summed E-state index contributed by atoms with van der Waals surface area (Å²) in [6.45, 7) is 11.2. The largest absolute Gasteiger partial charge is 0.344 e. The maximum atomic E-state index is 13.5. The summed E-state index contributed by atoms with van der Waals surface area (Å²) in [4.78, 5) is 76.7. The molecule has 0 aliphatic carbocycles. The van der Waals surface area contributed by atoms with Crippen molar-refractivity contribution >= 4 is 61.7 Å². The number of nitrogens with one attached hydrogen (secondary N) is 3. The van der Waals surface area contributed by atoms with E-state index < -0.39 is 12.1 Å². The molecule has 23 nitrogen and oxygen atoms in total. The van der Waals surface area contributed by atoms with Crippen LogP contribution in [0.5, 0.6) is 0 Å². The predicted octanol–water partition coefficient (Wildman–Crippen LogP) is 14.4. The summed E-state index contributed by atoms with van der Waals surface area (Å²) in [5, 5.41) is 29.1. The van der Waals surface area contributed by atoms with Crippen molar-refractivity contribution < 1.29 is 14.4 Å². The van der Waals surface area contributed by atoms with E-state index in [1.54, 1.807) is 85.7 Å². The van der Waals surface area contributed by atoms with E-state index in [4.69, 9.17) is 15.0 Å². The van der Waals surface area contributed by atoms with Gasteiger partial charge in [0, 0.05) is 120 Å². The van der Waals surface area contributed by atoms with Gasteiger partial charge in [-0.2, -0.15) is 20.4 Å². The number of hydrogen-bond donors (Lipinski definition) is 3. The molecular weight excluding hydrogens is 1420 g/mol. The van der Waals surface area contributed by atoms with Crippen LogP contribution in [-0.4, -0.2) is 101 Å². The fraction of sp³-hybridized carbons (Fsp3) is 0.132. The highest BCUT2D eigenvalue weighted by Crippen LogP contribution is 2.36. The Bertz CT molecular complexity index is 6720. The van der Waals surface area contributed by atoms with E-state index in [2.05, 4.69) is 115 Å². The molecule has 114 heavy (non-hydrogen) atoms.